The van der Waals surface area contributed by atoms with Crippen LogP contribution in [0.15, 0.2) is 30.5 Å². The van der Waals surface area contributed by atoms with E-state index < -0.39 is 0 Å². The largest absolute Gasteiger partial charge is 0.507 e. The smallest absolute Gasteiger partial charge is 0.210 e. The van der Waals surface area contributed by atoms with Gasteiger partial charge in [0, 0.05) is 17.6 Å². The third-order valence-electron chi connectivity index (χ3n) is 3.74. The summed E-state index contributed by atoms with van der Waals surface area (Å²) < 4.78 is 0. The van der Waals surface area contributed by atoms with Gasteiger partial charge in [0.1, 0.15) is 5.75 Å². The van der Waals surface area contributed by atoms with Gasteiger partial charge in [-0.1, -0.05) is 18.1 Å². The Morgan fingerprint density at radius 1 is 1.32 bits per heavy atom. The van der Waals surface area contributed by atoms with Gasteiger partial charge in [-0.05, 0) is 37.3 Å². The molecule has 1 aromatic carbocycles. The average Bonchev–Trinajstić information content (AvgIpc) is 3.03. The second-order valence-electron chi connectivity index (χ2n) is 5.19. The molecular weight excluding hydrogens is 296 g/mol. The minimum atomic E-state index is 0.129. The Morgan fingerprint density at radius 3 is 3.00 bits per heavy atom. The molecule has 1 aromatic heterocycles. The first-order chi connectivity index (χ1) is 10.8. The van der Waals surface area contributed by atoms with Crippen molar-refractivity contribution in [2.45, 2.75) is 25.3 Å². The second-order valence-corrected chi connectivity index (χ2v) is 6.25. The number of aromatic hydroxyl groups is 1. The molecule has 0 bridgehead atoms. The summed E-state index contributed by atoms with van der Waals surface area (Å²) in [6.45, 7) is 0.810. The number of aromatic nitrogens is 1. The Labute approximate surface area is 133 Å². The van der Waals surface area contributed by atoms with Gasteiger partial charge in [-0.2, -0.15) is 0 Å². The number of hydrogen-bond donors (Lipinski definition) is 1. The molecule has 2 aromatic rings. The number of carbonyl (C=O) groups excluding carboxylic acids is 1. The Balaban J connectivity index is 1.80. The zero-order chi connectivity index (χ0) is 15.4. The van der Waals surface area contributed by atoms with Crippen molar-refractivity contribution in [3.63, 3.8) is 0 Å². The van der Waals surface area contributed by atoms with Crippen molar-refractivity contribution in [3.8, 4) is 17.6 Å². The van der Waals surface area contributed by atoms with Crippen LogP contribution in [0.3, 0.4) is 0 Å². The van der Waals surface area contributed by atoms with Gasteiger partial charge < -0.3 is 10.0 Å². The van der Waals surface area contributed by atoms with E-state index in [1.165, 1.54) is 11.3 Å². The average molecular weight is 312 g/mol. The van der Waals surface area contributed by atoms with Crippen molar-refractivity contribution in [3.05, 3.63) is 45.9 Å². The van der Waals surface area contributed by atoms with Crippen LogP contribution in [0, 0.1) is 11.8 Å². The molecule has 1 amide bonds. The van der Waals surface area contributed by atoms with Crippen molar-refractivity contribution in [1.82, 2.24) is 9.88 Å². The number of thiazole rings is 1. The van der Waals surface area contributed by atoms with Gasteiger partial charge in [0.15, 0.2) is 5.01 Å². The van der Waals surface area contributed by atoms with E-state index in [0.717, 1.165) is 37.1 Å². The molecule has 1 saturated heterocycles. The lowest BCUT2D eigenvalue weighted by Crippen LogP contribution is -2.31. The standard InChI is InChI=1S/C17H16N2O2S/c20-12-19-10-4-3-6-14(19)16-11-18-17(22-16)9-8-13-5-1-2-7-15(13)21/h1-2,5,7,11-12,14,21H,3-4,6,10H2. The predicted octanol–water partition coefficient (Wildman–Crippen LogP) is 2.93. The zero-order valence-corrected chi connectivity index (χ0v) is 12.8. The number of phenols is 1. The number of hydrogen-bond acceptors (Lipinski definition) is 4. The highest BCUT2D eigenvalue weighted by Crippen LogP contribution is 2.32. The minimum absolute atomic E-state index is 0.129. The van der Waals surface area contributed by atoms with E-state index in [1.54, 1.807) is 18.2 Å². The van der Waals surface area contributed by atoms with E-state index in [2.05, 4.69) is 16.8 Å². The van der Waals surface area contributed by atoms with Gasteiger partial charge in [-0.25, -0.2) is 4.98 Å². The van der Waals surface area contributed by atoms with Crippen molar-refractivity contribution in [2.75, 3.05) is 6.54 Å². The van der Waals surface area contributed by atoms with Gasteiger partial charge in [-0.3, -0.25) is 4.79 Å². The van der Waals surface area contributed by atoms with Crippen LogP contribution in [0.1, 0.15) is 40.8 Å². The number of amides is 1. The highest BCUT2D eigenvalue weighted by Gasteiger charge is 2.24. The van der Waals surface area contributed by atoms with Gasteiger partial charge in [-0.15, -0.1) is 11.3 Å². The third-order valence-corrected chi connectivity index (χ3v) is 4.75. The van der Waals surface area contributed by atoms with Crippen molar-refractivity contribution >= 4 is 17.7 Å². The van der Waals surface area contributed by atoms with Crippen molar-refractivity contribution in [2.24, 2.45) is 0 Å². The van der Waals surface area contributed by atoms with Crippen molar-refractivity contribution < 1.29 is 9.90 Å². The van der Waals surface area contributed by atoms with Crippen LogP contribution in [0.5, 0.6) is 5.75 Å². The number of nitrogens with zero attached hydrogens (tertiary/aromatic N) is 2. The topological polar surface area (TPSA) is 53.4 Å². The normalized spacial score (nSPS) is 17.6. The number of carbonyl (C=O) groups is 1. The number of likely N-dealkylation sites (tertiary alicyclic amines) is 1. The van der Waals surface area contributed by atoms with E-state index in [9.17, 15) is 9.90 Å². The quantitative estimate of drug-likeness (QED) is 0.685. The lowest BCUT2D eigenvalue weighted by Gasteiger charge is -2.31. The number of piperidine rings is 1. The van der Waals surface area contributed by atoms with Crippen LogP contribution in [-0.2, 0) is 4.79 Å². The summed E-state index contributed by atoms with van der Waals surface area (Å²) in [6, 6.07) is 7.11. The fourth-order valence-corrected chi connectivity index (χ4v) is 3.51. The molecule has 0 saturated carbocycles. The summed E-state index contributed by atoms with van der Waals surface area (Å²) >= 11 is 1.52. The maximum Gasteiger partial charge on any atom is 0.210 e. The van der Waals surface area contributed by atoms with E-state index in [0.29, 0.717) is 10.6 Å². The number of phenolic OH excluding ortho intramolecular Hbond substituents is 1. The first-order valence-electron chi connectivity index (χ1n) is 7.24. The van der Waals surface area contributed by atoms with Crippen LogP contribution in [0.2, 0.25) is 0 Å². The fraction of sp³-hybridized carbons (Fsp3) is 0.294. The van der Waals surface area contributed by atoms with Gasteiger partial charge in [0.05, 0.1) is 11.6 Å². The van der Waals surface area contributed by atoms with Crippen LogP contribution >= 0.6 is 11.3 Å². The van der Waals surface area contributed by atoms with E-state index in [-0.39, 0.29) is 11.8 Å². The van der Waals surface area contributed by atoms with Gasteiger partial charge in [0.2, 0.25) is 6.41 Å². The molecule has 2 heterocycles. The summed E-state index contributed by atoms with van der Waals surface area (Å²) in [6.07, 6.45) is 5.91. The Hall–Kier alpha value is -2.32. The maximum atomic E-state index is 11.2. The minimum Gasteiger partial charge on any atom is -0.507 e. The first-order valence-corrected chi connectivity index (χ1v) is 8.06. The molecule has 1 fully saturated rings. The van der Waals surface area contributed by atoms with Crippen molar-refractivity contribution in [1.29, 1.82) is 0 Å². The van der Waals surface area contributed by atoms with E-state index >= 15 is 0 Å². The van der Waals surface area contributed by atoms with Gasteiger partial charge >= 0.3 is 0 Å². The summed E-state index contributed by atoms with van der Waals surface area (Å²) in [5, 5.41) is 10.4. The number of rotatable bonds is 2. The molecule has 1 aliphatic heterocycles. The van der Waals surface area contributed by atoms with Crippen LogP contribution < -0.4 is 0 Å². The Morgan fingerprint density at radius 2 is 2.18 bits per heavy atom. The van der Waals surface area contributed by atoms with E-state index in [1.807, 2.05) is 17.2 Å². The van der Waals surface area contributed by atoms with Crippen LogP contribution in [0.25, 0.3) is 0 Å². The molecule has 22 heavy (non-hydrogen) atoms. The molecule has 1 atom stereocenters. The molecule has 1 unspecified atom stereocenters. The molecule has 4 nitrogen and oxygen atoms in total. The molecule has 0 aliphatic carbocycles. The fourth-order valence-electron chi connectivity index (χ4n) is 2.58. The summed E-state index contributed by atoms with van der Waals surface area (Å²) in [7, 11) is 0. The second kappa shape index (κ2) is 6.63. The predicted molar refractivity (Wildman–Crippen MR) is 85.6 cm³/mol. The molecule has 5 heteroatoms. The lowest BCUT2D eigenvalue weighted by molar-refractivity contribution is -0.121. The number of benzene rings is 1. The Kier molecular flexibility index (Phi) is 4.40. The third kappa shape index (κ3) is 3.12. The summed E-state index contributed by atoms with van der Waals surface area (Å²) in [5.41, 5.74) is 0.589. The first kappa shape index (κ1) is 14.6. The van der Waals surface area contributed by atoms with E-state index in [4.69, 9.17) is 0 Å². The lowest BCUT2D eigenvalue weighted by atomic mass is 10.0. The zero-order valence-electron chi connectivity index (χ0n) is 12.0. The Bertz CT molecular complexity index is 730. The monoisotopic (exact) mass is 312 g/mol. The molecule has 1 N–H and O–H groups in total. The molecule has 0 spiro atoms. The SMILES string of the molecule is O=CN1CCCCC1c1cnc(C#Cc2ccccc2O)s1. The highest BCUT2D eigenvalue weighted by atomic mass is 32.1. The highest BCUT2D eigenvalue weighted by molar-refractivity contribution is 7.12. The van der Waals surface area contributed by atoms with Crippen LogP contribution in [0.4, 0.5) is 0 Å². The molecule has 3 rings (SSSR count). The van der Waals surface area contributed by atoms with Gasteiger partial charge in [0.25, 0.3) is 0 Å². The molecular formula is C17H16N2O2S. The summed E-state index contributed by atoms with van der Waals surface area (Å²) in [5.74, 6) is 6.09. The molecule has 1 aliphatic rings. The van der Waals surface area contributed by atoms with Crippen LogP contribution in [-0.4, -0.2) is 27.9 Å². The molecule has 112 valence electrons. The molecule has 0 radical (unpaired) electrons. The number of para-hydroxylation sites is 1. The summed E-state index contributed by atoms with van der Waals surface area (Å²) in [4.78, 5) is 18.4. The maximum absolute atomic E-state index is 11.2.